The lowest BCUT2D eigenvalue weighted by Crippen LogP contribution is -2.08. The van der Waals surface area contributed by atoms with E-state index in [0.717, 1.165) is 22.3 Å². The van der Waals surface area contributed by atoms with Crippen molar-refractivity contribution in [3.63, 3.8) is 0 Å². The van der Waals surface area contributed by atoms with E-state index in [1.54, 1.807) is 6.07 Å². The Bertz CT molecular complexity index is 651. The van der Waals surface area contributed by atoms with Crippen molar-refractivity contribution in [2.45, 2.75) is 40.2 Å². The van der Waals surface area contributed by atoms with Crippen LogP contribution in [0.1, 0.15) is 39.5 Å². The van der Waals surface area contributed by atoms with Gasteiger partial charge in [0.1, 0.15) is 0 Å². The van der Waals surface area contributed by atoms with Crippen molar-refractivity contribution in [1.29, 1.82) is 0 Å². The highest BCUT2D eigenvalue weighted by molar-refractivity contribution is 6.42. The van der Waals surface area contributed by atoms with E-state index in [2.05, 4.69) is 33.8 Å². The SMILES string of the molecule is Cc1cc(C)c(C)c(C(O)Cc2ccc(Cl)c(Cl)c2)c1C. The van der Waals surface area contributed by atoms with E-state index >= 15 is 0 Å². The number of aliphatic hydroxyl groups excluding tert-OH is 1. The molecule has 0 aliphatic heterocycles. The molecule has 0 aliphatic carbocycles. The van der Waals surface area contributed by atoms with Gasteiger partial charge >= 0.3 is 0 Å². The molecule has 0 spiro atoms. The molecule has 0 saturated carbocycles. The minimum atomic E-state index is -0.541. The van der Waals surface area contributed by atoms with Crippen molar-refractivity contribution >= 4 is 23.2 Å². The van der Waals surface area contributed by atoms with Crippen LogP contribution in [0, 0.1) is 27.7 Å². The van der Waals surface area contributed by atoms with Gasteiger partial charge in [-0.1, -0.05) is 35.3 Å². The van der Waals surface area contributed by atoms with Gasteiger partial charge in [0.25, 0.3) is 0 Å². The summed E-state index contributed by atoms with van der Waals surface area (Å²) in [4.78, 5) is 0. The number of aryl methyl sites for hydroxylation is 2. The molecule has 0 amide bonds. The predicted molar refractivity (Wildman–Crippen MR) is 90.5 cm³/mol. The van der Waals surface area contributed by atoms with Gasteiger partial charge in [-0.2, -0.15) is 0 Å². The Labute approximate surface area is 136 Å². The van der Waals surface area contributed by atoms with E-state index in [-0.39, 0.29) is 0 Å². The molecule has 2 aromatic rings. The quantitative estimate of drug-likeness (QED) is 0.790. The molecule has 0 aliphatic rings. The third-order valence-corrected chi connectivity index (χ3v) is 4.91. The Morgan fingerprint density at radius 3 is 2.00 bits per heavy atom. The molecular weight excluding hydrogens is 303 g/mol. The highest BCUT2D eigenvalue weighted by Crippen LogP contribution is 2.31. The smallest absolute Gasteiger partial charge is 0.0835 e. The van der Waals surface area contributed by atoms with E-state index in [9.17, 15) is 5.11 Å². The van der Waals surface area contributed by atoms with E-state index in [1.807, 2.05) is 12.1 Å². The van der Waals surface area contributed by atoms with Gasteiger partial charge in [-0.05, 0) is 73.2 Å². The van der Waals surface area contributed by atoms with Gasteiger partial charge in [0.05, 0.1) is 16.1 Å². The second-order valence-electron chi connectivity index (χ2n) is 5.64. The van der Waals surface area contributed by atoms with Crippen molar-refractivity contribution in [2.75, 3.05) is 0 Å². The van der Waals surface area contributed by atoms with Gasteiger partial charge in [-0.3, -0.25) is 0 Å². The van der Waals surface area contributed by atoms with Gasteiger partial charge in [0, 0.05) is 6.42 Å². The zero-order valence-electron chi connectivity index (χ0n) is 12.8. The van der Waals surface area contributed by atoms with Crippen molar-refractivity contribution in [3.8, 4) is 0 Å². The number of rotatable bonds is 3. The summed E-state index contributed by atoms with van der Waals surface area (Å²) < 4.78 is 0. The zero-order chi connectivity index (χ0) is 15.7. The number of hydrogen-bond donors (Lipinski definition) is 1. The Morgan fingerprint density at radius 2 is 1.48 bits per heavy atom. The number of hydrogen-bond acceptors (Lipinski definition) is 1. The lowest BCUT2D eigenvalue weighted by atomic mass is 9.88. The summed E-state index contributed by atoms with van der Waals surface area (Å²) in [7, 11) is 0. The molecule has 1 atom stereocenters. The molecule has 0 saturated heterocycles. The molecule has 0 radical (unpaired) electrons. The van der Waals surface area contributed by atoms with E-state index in [4.69, 9.17) is 23.2 Å². The van der Waals surface area contributed by atoms with Crippen molar-refractivity contribution in [3.05, 3.63) is 67.7 Å². The Hall–Kier alpha value is -1.02. The van der Waals surface area contributed by atoms with Crippen molar-refractivity contribution < 1.29 is 5.11 Å². The molecule has 1 nitrogen and oxygen atoms in total. The topological polar surface area (TPSA) is 20.2 Å². The van der Waals surface area contributed by atoms with Crippen LogP contribution in [0.2, 0.25) is 10.0 Å². The number of benzene rings is 2. The molecule has 112 valence electrons. The normalized spacial score (nSPS) is 12.5. The average Bonchev–Trinajstić information content (AvgIpc) is 2.41. The fraction of sp³-hybridized carbons (Fsp3) is 0.333. The van der Waals surface area contributed by atoms with Crippen LogP contribution in [0.15, 0.2) is 24.3 Å². The summed E-state index contributed by atoms with van der Waals surface area (Å²) >= 11 is 12.0. The van der Waals surface area contributed by atoms with Gasteiger partial charge in [-0.15, -0.1) is 0 Å². The molecule has 2 rings (SSSR count). The summed E-state index contributed by atoms with van der Waals surface area (Å²) in [6.07, 6.45) is -0.0117. The van der Waals surface area contributed by atoms with Crippen LogP contribution in [0.25, 0.3) is 0 Å². The molecule has 2 aromatic carbocycles. The lowest BCUT2D eigenvalue weighted by Gasteiger charge is -2.20. The number of aliphatic hydroxyl groups is 1. The van der Waals surface area contributed by atoms with E-state index in [0.29, 0.717) is 16.5 Å². The highest BCUT2D eigenvalue weighted by atomic mass is 35.5. The molecule has 1 unspecified atom stereocenters. The standard InChI is InChI=1S/C18H20Cl2O/c1-10-7-11(2)13(4)18(12(10)3)17(21)9-14-5-6-15(19)16(20)8-14/h5-8,17,21H,9H2,1-4H3. The van der Waals surface area contributed by atoms with Crippen LogP contribution in [-0.2, 0) is 6.42 Å². The van der Waals surface area contributed by atoms with Crippen LogP contribution >= 0.6 is 23.2 Å². The van der Waals surface area contributed by atoms with E-state index in [1.165, 1.54) is 11.1 Å². The Morgan fingerprint density at radius 1 is 0.905 bits per heavy atom. The first-order valence-corrected chi connectivity index (χ1v) is 7.76. The second kappa shape index (κ2) is 6.39. The molecule has 21 heavy (non-hydrogen) atoms. The monoisotopic (exact) mass is 322 g/mol. The third-order valence-electron chi connectivity index (χ3n) is 4.17. The first kappa shape index (κ1) is 16.4. The Kier molecular flexibility index (Phi) is 4.98. The van der Waals surface area contributed by atoms with Crippen LogP contribution < -0.4 is 0 Å². The lowest BCUT2D eigenvalue weighted by molar-refractivity contribution is 0.177. The summed E-state index contributed by atoms with van der Waals surface area (Å²) in [5.74, 6) is 0. The van der Waals surface area contributed by atoms with Crippen molar-refractivity contribution in [1.82, 2.24) is 0 Å². The second-order valence-corrected chi connectivity index (χ2v) is 6.46. The van der Waals surface area contributed by atoms with Gasteiger partial charge in [0.15, 0.2) is 0 Å². The fourth-order valence-corrected chi connectivity index (χ4v) is 3.06. The summed E-state index contributed by atoms with van der Waals surface area (Å²) in [5.41, 5.74) is 6.74. The summed E-state index contributed by atoms with van der Waals surface area (Å²) in [5, 5.41) is 11.7. The minimum absolute atomic E-state index is 0.523. The molecule has 0 bridgehead atoms. The van der Waals surface area contributed by atoms with Crippen LogP contribution in [0.3, 0.4) is 0 Å². The van der Waals surface area contributed by atoms with Gasteiger partial charge in [-0.25, -0.2) is 0 Å². The highest BCUT2D eigenvalue weighted by Gasteiger charge is 2.17. The summed E-state index contributed by atoms with van der Waals surface area (Å²) in [6.45, 7) is 8.29. The number of halogens is 2. The molecule has 1 N–H and O–H groups in total. The van der Waals surface area contributed by atoms with Gasteiger partial charge in [0.2, 0.25) is 0 Å². The molecule has 0 heterocycles. The van der Waals surface area contributed by atoms with Crippen LogP contribution in [0.4, 0.5) is 0 Å². The maximum absolute atomic E-state index is 10.7. The summed E-state index contributed by atoms with van der Waals surface area (Å²) in [6, 6.07) is 7.67. The minimum Gasteiger partial charge on any atom is -0.388 e. The maximum atomic E-state index is 10.7. The average molecular weight is 323 g/mol. The fourth-order valence-electron chi connectivity index (χ4n) is 2.74. The third kappa shape index (κ3) is 3.42. The molecular formula is C18H20Cl2O. The van der Waals surface area contributed by atoms with Crippen LogP contribution in [-0.4, -0.2) is 5.11 Å². The predicted octanol–water partition coefficient (Wildman–Crippen LogP) is 5.50. The first-order chi connectivity index (χ1) is 9.81. The van der Waals surface area contributed by atoms with Crippen molar-refractivity contribution in [2.24, 2.45) is 0 Å². The maximum Gasteiger partial charge on any atom is 0.0835 e. The van der Waals surface area contributed by atoms with Gasteiger partial charge < -0.3 is 5.11 Å². The molecule has 3 heteroatoms. The molecule has 0 fully saturated rings. The molecule has 0 aromatic heterocycles. The Balaban J connectivity index is 2.36. The van der Waals surface area contributed by atoms with Crippen LogP contribution in [0.5, 0.6) is 0 Å². The zero-order valence-corrected chi connectivity index (χ0v) is 14.3. The largest absolute Gasteiger partial charge is 0.388 e. The van der Waals surface area contributed by atoms with E-state index < -0.39 is 6.10 Å². The first-order valence-electron chi connectivity index (χ1n) is 7.00.